The van der Waals surface area contributed by atoms with E-state index in [0.29, 0.717) is 23.8 Å². The molecule has 4 nitrogen and oxygen atoms in total. The molecule has 1 heterocycles. The van der Waals surface area contributed by atoms with Gasteiger partial charge in [0, 0.05) is 13.1 Å². The van der Waals surface area contributed by atoms with Crippen molar-refractivity contribution in [1.29, 1.82) is 0 Å². The van der Waals surface area contributed by atoms with Gasteiger partial charge in [0.15, 0.2) is 0 Å². The zero-order valence-electron chi connectivity index (χ0n) is 17.8. The average Bonchev–Trinajstić information content (AvgIpc) is 2.81. The molecule has 1 saturated heterocycles. The number of sulfonamides is 1. The second kappa shape index (κ2) is 10.2. The molecular weight excluding hydrogens is 404 g/mol. The fraction of sp³-hybridized carbons (Fsp3) is 0.308. The molecule has 0 spiro atoms. The molecule has 1 fully saturated rings. The van der Waals surface area contributed by atoms with Crippen molar-refractivity contribution in [3.63, 3.8) is 0 Å². The molecule has 162 valence electrons. The minimum Gasteiger partial charge on any atom is -0.299 e. The van der Waals surface area contributed by atoms with E-state index in [2.05, 4.69) is 40.0 Å². The number of benzene rings is 3. The van der Waals surface area contributed by atoms with Crippen LogP contribution in [-0.2, 0) is 23.0 Å². The van der Waals surface area contributed by atoms with Crippen LogP contribution in [0.3, 0.4) is 0 Å². The van der Waals surface area contributed by atoms with Crippen molar-refractivity contribution in [2.75, 3.05) is 19.6 Å². The standard InChI is InChI=1S/C26H30N2O2S/c29-31(30,27-18-15-22-7-3-1-4-8-22)26-13-11-23(12-14-26)21-28-19-16-25(17-20-28)24-9-5-2-6-10-24/h1-14,25,27H,15-21H2. The van der Waals surface area contributed by atoms with Crippen LogP contribution in [0.2, 0.25) is 0 Å². The van der Waals surface area contributed by atoms with E-state index in [0.717, 1.165) is 30.8 Å². The second-order valence-corrected chi connectivity index (χ2v) is 10.0. The molecule has 3 aromatic rings. The summed E-state index contributed by atoms with van der Waals surface area (Å²) in [6, 6.07) is 28.0. The maximum Gasteiger partial charge on any atom is 0.240 e. The lowest BCUT2D eigenvalue weighted by atomic mass is 9.89. The summed E-state index contributed by atoms with van der Waals surface area (Å²) in [5.74, 6) is 0.645. The first-order valence-electron chi connectivity index (χ1n) is 11.0. The molecule has 0 aliphatic carbocycles. The van der Waals surface area contributed by atoms with Crippen LogP contribution < -0.4 is 4.72 Å². The van der Waals surface area contributed by atoms with E-state index in [9.17, 15) is 8.42 Å². The van der Waals surface area contributed by atoms with E-state index in [1.807, 2.05) is 42.5 Å². The summed E-state index contributed by atoms with van der Waals surface area (Å²) in [6.07, 6.45) is 3.01. The third-order valence-corrected chi connectivity index (χ3v) is 7.52. The van der Waals surface area contributed by atoms with Gasteiger partial charge < -0.3 is 0 Å². The van der Waals surface area contributed by atoms with Gasteiger partial charge in [0.25, 0.3) is 0 Å². The Bertz CT molecular complexity index is 1040. The molecule has 3 aromatic carbocycles. The van der Waals surface area contributed by atoms with Crippen LogP contribution in [0.5, 0.6) is 0 Å². The molecule has 31 heavy (non-hydrogen) atoms. The van der Waals surface area contributed by atoms with Gasteiger partial charge in [0.2, 0.25) is 10.0 Å². The number of hydrogen-bond acceptors (Lipinski definition) is 3. The highest BCUT2D eigenvalue weighted by atomic mass is 32.2. The fourth-order valence-corrected chi connectivity index (χ4v) is 5.27. The fourth-order valence-electron chi connectivity index (χ4n) is 4.24. The summed E-state index contributed by atoms with van der Waals surface area (Å²) >= 11 is 0. The molecule has 1 aliphatic heterocycles. The van der Waals surface area contributed by atoms with Gasteiger partial charge in [-0.2, -0.15) is 0 Å². The van der Waals surface area contributed by atoms with Gasteiger partial charge in [0.05, 0.1) is 4.90 Å². The van der Waals surface area contributed by atoms with Crippen LogP contribution in [0.1, 0.15) is 35.4 Å². The Labute approximate surface area is 186 Å². The number of likely N-dealkylation sites (tertiary alicyclic amines) is 1. The van der Waals surface area contributed by atoms with Crippen molar-refractivity contribution in [3.8, 4) is 0 Å². The lowest BCUT2D eigenvalue weighted by Crippen LogP contribution is -2.32. The van der Waals surface area contributed by atoms with Crippen LogP contribution >= 0.6 is 0 Å². The normalized spacial score (nSPS) is 15.7. The van der Waals surface area contributed by atoms with Crippen molar-refractivity contribution in [3.05, 3.63) is 102 Å². The SMILES string of the molecule is O=S(=O)(NCCc1ccccc1)c1ccc(CN2CCC(c3ccccc3)CC2)cc1. The number of piperidine rings is 1. The predicted octanol–water partition coefficient (Wildman–Crippen LogP) is 4.59. The lowest BCUT2D eigenvalue weighted by Gasteiger charge is -2.32. The molecule has 1 N–H and O–H groups in total. The molecule has 0 amide bonds. The number of nitrogens with zero attached hydrogens (tertiary/aromatic N) is 1. The van der Waals surface area contributed by atoms with Gasteiger partial charge in [-0.1, -0.05) is 72.8 Å². The first kappa shape index (κ1) is 21.8. The Morgan fingerprint density at radius 3 is 2.03 bits per heavy atom. The average molecular weight is 435 g/mol. The zero-order valence-corrected chi connectivity index (χ0v) is 18.6. The molecule has 0 unspecified atom stereocenters. The predicted molar refractivity (Wildman–Crippen MR) is 125 cm³/mol. The van der Waals surface area contributed by atoms with E-state index in [1.165, 1.54) is 18.4 Å². The van der Waals surface area contributed by atoms with Crippen LogP contribution in [0.4, 0.5) is 0 Å². The Kier molecular flexibility index (Phi) is 7.17. The zero-order chi connectivity index (χ0) is 21.5. The summed E-state index contributed by atoms with van der Waals surface area (Å²) in [7, 11) is -3.48. The minimum absolute atomic E-state index is 0.326. The third kappa shape index (κ3) is 6.03. The maximum atomic E-state index is 12.6. The van der Waals surface area contributed by atoms with E-state index in [-0.39, 0.29) is 0 Å². The van der Waals surface area contributed by atoms with Gasteiger partial charge in [-0.15, -0.1) is 0 Å². The second-order valence-electron chi connectivity index (χ2n) is 8.24. The van der Waals surface area contributed by atoms with E-state index < -0.39 is 10.0 Å². The van der Waals surface area contributed by atoms with Crippen LogP contribution in [0.15, 0.2) is 89.8 Å². The summed E-state index contributed by atoms with van der Waals surface area (Å²) in [5, 5.41) is 0. The highest BCUT2D eigenvalue weighted by Crippen LogP contribution is 2.28. The minimum atomic E-state index is -3.48. The van der Waals surface area contributed by atoms with Crippen molar-refractivity contribution < 1.29 is 8.42 Å². The monoisotopic (exact) mass is 434 g/mol. The maximum absolute atomic E-state index is 12.6. The molecule has 0 bridgehead atoms. The van der Waals surface area contributed by atoms with Crippen molar-refractivity contribution in [2.45, 2.75) is 36.6 Å². The Hall–Kier alpha value is -2.47. The molecule has 1 aliphatic rings. The topological polar surface area (TPSA) is 49.4 Å². The number of hydrogen-bond donors (Lipinski definition) is 1. The van der Waals surface area contributed by atoms with Gasteiger partial charge in [-0.3, -0.25) is 4.90 Å². The first-order valence-corrected chi connectivity index (χ1v) is 12.5. The van der Waals surface area contributed by atoms with Crippen molar-refractivity contribution >= 4 is 10.0 Å². The van der Waals surface area contributed by atoms with Gasteiger partial charge in [-0.25, -0.2) is 13.1 Å². The number of rotatable bonds is 8. The lowest BCUT2D eigenvalue weighted by molar-refractivity contribution is 0.204. The quantitative estimate of drug-likeness (QED) is 0.564. The summed E-state index contributed by atoms with van der Waals surface area (Å²) in [6.45, 7) is 3.40. The summed E-state index contributed by atoms with van der Waals surface area (Å²) in [5.41, 5.74) is 3.72. The summed E-state index contributed by atoms with van der Waals surface area (Å²) < 4.78 is 27.9. The van der Waals surface area contributed by atoms with Gasteiger partial charge in [0.1, 0.15) is 0 Å². The molecule has 0 atom stereocenters. The van der Waals surface area contributed by atoms with Crippen LogP contribution in [-0.4, -0.2) is 33.0 Å². The molecule has 5 heteroatoms. The molecular formula is C26H30N2O2S. The molecule has 0 aromatic heterocycles. The van der Waals surface area contributed by atoms with Gasteiger partial charge in [-0.05, 0) is 67.1 Å². The number of nitrogens with one attached hydrogen (secondary N) is 1. The Balaban J connectivity index is 1.27. The highest BCUT2D eigenvalue weighted by molar-refractivity contribution is 7.89. The Morgan fingerprint density at radius 1 is 0.774 bits per heavy atom. The molecule has 0 saturated carbocycles. The van der Waals surface area contributed by atoms with Crippen molar-refractivity contribution in [2.24, 2.45) is 0 Å². The van der Waals surface area contributed by atoms with E-state index in [1.54, 1.807) is 12.1 Å². The van der Waals surface area contributed by atoms with Crippen molar-refractivity contribution in [1.82, 2.24) is 9.62 Å². The van der Waals surface area contributed by atoms with E-state index in [4.69, 9.17) is 0 Å². The first-order chi connectivity index (χ1) is 15.1. The molecule has 0 radical (unpaired) electrons. The van der Waals surface area contributed by atoms with Crippen LogP contribution in [0.25, 0.3) is 0 Å². The molecule has 4 rings (SSSR count). The van der Waals surface area contributed by atoms with E-state index >= 15 is 0 Å². The van der Waals surface area contributed by atoms with Crippen LogP contribution in [0, 0.1) is 0 Å². The highest BCUT2D eigenvalue weighted by Gasteiger charge is 2.20. The Morgan fingerprint density at radius 2 is 1.39 bits per heavy atom. The largest absolute Gasteiger partial charge is 0.299 e. The third-order valence-electron chi connectivity index (χ3n) is 6.05. The summed E-state index contributed by atoms with van der Waals surface area (Å²) in [4.78, 5) is 2.79. The smallest absolute Gasteiger partial charge is 0.240 e. The van der Waals surface area contributed by atoms with Gasteiger partial charge >= 0.3 is 0 Å².